The van der Waals surface area contributed by atoms with E-state index in [1.54, 1.807) is 0 Å². The lowest BCUT2D eigenvalue weighted by Gasteiger charge is -2.02. The predicted octanol–water partition coefficient (Wildman–Crippen LogP) is 0.334. The van der Waals surface area contributed by atoms with Gasteiger partial charge >= 0.3 is 0 Å². The van der Waals surface area contributed by atoms with Crippen molar-refractivity contribution >= 4 is 15.7 Å². The van der Waals surface area contributed by atoms with Gasteiger partial charge in [-0.05, 0) is 6.42 Å². The fourth-order valence-corrected chi connectivity index (χ4v) is 1.99. The normalized spacial score (nSPS) is 11.4. The Hall–Kier alpha value is -1.55. The van der Waals surface area contributed by atoms with E-state index in [0.29, 0.717) is 17.7 Å². The van der Waals surface area contributed by atoms with E-state index < -0.39 is 9.84 Å². The third-order valence-corrected chi connectivity index (χ3v) is 3.26. The number of nitrogen functional groups attached to an aromatic ring is 1. The first-order chi connectivity index (χ1) is 7.89. The van der Waals surface area contributed by atoms with E-state index in [9.17, 15) is 8.42 Å². The zero-order valence-corrected chi connectivity index (χ0v) is 10.8. The van der Waals surface area contributed by atoms with Crippen molar-refractivity contribution in [2.24, 2.45) is 0 Å². The molecule has 0 aliphatic carbocycles. The molecule has 1 aromatic heterocycles. The maximum Gasteiger partial charge on any atom is 0.149 e. The Kier molecular flexibility index (Phi) is 4.12. The molecule has 0 atom stereocenters. The molecule has 0 aliphatic rings. The average Bonchev–Trinajstić information content (AvgIpc) is 2.51. The van der Waals surface area contributed by atoms with E-state index in [-0.39, 0.29) is 18.1 Å². The molecule has 0 aliphatic heterocycles. The summed E-state index contributed by atoms with van der Waals surface area (Å²) in [7, 11) is -3.06. The first-order valence-corrected chi connectivity index (χ1v) is 7.38. The van der Waals surface area contributed by atoms with Crippen LogP contribution in [0.1, 0.15) is 24.6 Å². The van der Waals surface area contributed by atoms with Crippen LogP contribution < -0.4 is 5.73 Å². The average molecular weight is 256 g/mol. The molecular weight excluding hydrogens is 240 g/mol. The Morgan fingerprint density at radius 3 is 2.65 bits per heavy atom. The molecule has 0 unspecified atom stereocenters. The molecule has 0 bridgehead atoms. The molecule has 0 saturated carbocycles. The SMILES string of the molecule is CCCc1nn(CCS(C)(=O)=O)c(N)c1C#N. The van der Waals surface area contributed by atoms with Gasteiger partial charge < -0.3 is 5.73 Å². The Bertz CT molecular complexity index is 539. The largest absolute Gasteiger partial charge is 0.383 e. The molecule has 2 N–H and O–H groups in total. The fourth-order valence-electron chi connectivity index (χ4n) is 1.48. The highest BCUT2D eigenvalue weighted by Crippen LogP contribution is 2.17. The van der Waals surface area contributed by atoms with Gasteiger partial charge in [-0.25, -0.2) is 13.1 Å². The van der Waals surface area contributed by atoms with Crippen molar-refractivity contribution in [3.63, 3.8) is 0 Å². The Morgan fingerprint density at radius 2 is 2.18 bits per heavy atom. The molecule has 0 fully saturated rings. The van der Waals surface area contributed by atoms with Crippen LogP contribution in [0.25, 0.3) is 0 Å². The van der Waals surface area contributed by atoms with Gasteiger partial charge in [-0.1, -0.05) is 13.3 Å². The second-order valence-electron chi connectivity index (χ2n) is 3.92. The van der Waals surface area contributed by atoms with Crippen LogP contribution in [0.2, 0.25) is 0 Å². The minimum absolute atomic E-state index is 0.0324. The van der Waals surface area contributed by atoms with Gasteiger partial charge in [0.05, 0.1) is 18.0 Å². The number of nitriles is 1. The Morgan fingerprint density at radius 1 is 1.53 bits per heavy atom. The van der Waals surface area contributed by atoms with Gasteiger partial charge in [-0.3, -0.25) is 0 Å². The summed E-state index contributed by atoms with van der Waals surface area (Å²) in [4.78, 5) is 0. The lowest BCUT2D eigenvalue weighted by Crippen LogP contribution is -2.14. The summed E-state index contributed by atoms with van der Waals surface area (Å²) in [6.07, 6.45) is 2.68. The van der Waals surface area contributed by atoms with Crippen LogP contribution in [-0.4, -0.2) is 30.2 Å². The van der Waals surface area contributed by atoms with Gasteiger partial charge in [0.15, 0.2) is 0 Å². The van der Waals surface area contributed by atoms with E-state index >= 15 is 0 Å². The van der Waals surface area contributed by atoms with Crippen molar-refractivity contribution in [2.75, 3.05) is 17.7 Å². The van der Waals surface area contributed by atoms with Crippen molar-refractivity contribution < 1.29 is 8.42 Å². The highest BCUT2D eigenvalue weighted by molar-refractivity contribution is 7.90. The van der Waals surface area contributed by atoms with Crippen LogP contribution in [-0.2, 0) is 22.8 Å². The summed E-state index contributed by atoms with van der Waals surface area (Å²) in [5.74, 6) is 0.217. The predicted molar refractivity (Wildman–Crippen MR) is 65.1 cm³/mol. The standard InChI is InChI=1S/C10H16N4O2S/c1-3-4-9-8(7-11)10(12)14(13-9)5-6-17(2,15)16/h3-6,12H2,1-2H3. The van der Waals surface area contributed by atoms with Crippen LogP contribution in [0, 0.1) is 11.3 Å². The van der Waals surface area contributed by atoms with E-state index in [1.165, 1.54) is 4.68 Å². The van der Waals surface area contributed by atoms with E-state index in [0.717, 1.165) is 12.7 Å². The third kappa shape index (κ3) is 3.46. The number of rotatable bonds is 5. The summed E-state index contributed by atoms with van der Waals surface area (Å²) >= 11 is 0. The molecule has 6 nitrogen and oxygen atoms in total. The summed E-state index contributed by atoms with van der Waals surface area (Å²) in [6.45, 7) is 2.16. The van der Waals surface area contributed by atoms with Gasteiger partial charge in [-0.2, -0.15) is 10.4 Å². The second kappa shape index (κ2) is 5.19. The molecular formula is C10H16N4O2S. The highest BCUT2D eigenvalue weighted by Gasteiger charge is 2.15. The van der Waals surface area contributed by atoms with Crippen LogP contribution in [0.5, 0.6) is 0 Å². The van der Waals surface area contributed by atoms with Crippen molar-refractivity contribution in [1.82, 2.24) is 9.78 Å². The molecule has 7 heteroatoms. The number of anilines is 1. The Balaban J connectivity index is 2.98. The van der Waals surface area contributed by atoms with Crippen molar-refractivity contribution in [3.8, 4) is 6.07 Å². The number of sulfone groups is 1. The van der Waals surface area contributed by atoms with E-state index in [4.69, 9.17) is 11.0 Å². The van der Waals surface area contributed by atoms with Crippen molar-refractivity contribution in [3.05, 3.63) is 11.3 Å². The first kappa shape index (κ1) is 13.5. The lowest BCUT2D eigenvalue weighted by atomic mass is 10.2. The van der Waals surface area contributed by atoms with E-state index in [1.807, 2.05) is 13.0 Å². The molecule has 0 radical (unpaired) electrons. The monoisotopic (exact) mass is 256 g/mol. The molecule has 1 heterocycles. The van der Waals surface area contributed by atoms with E-state index in [2.05, 4.69) is 5.10 Å². The first-order valence-electron chi connectivity index (χ1n) is 5.32. The molecule has 17 heavy (non-hydrogen) atoms. The highest BCUT2D eigenvalue weighted by atomic mass is 32.2. The van der Waals surface area contributed by atoms with Crippen LogP contribution >= 0.6 is 0 Å². The minimum atomic E-state index is -3.06. The molecule has 1 aromatic rings. The maximum atomic E-state index is 11.1. The number of hydrogen-bond acceptors (Lipinski definition) is 5. The van der Waals surface area contributed by atoms with Gasteiger partial charge in [0.1, 0.15) is 27.3 Å². The quantitative estimate of drug-likeness (QED) is 0.818. The van der Waals surface area contributed by atoms with Gasteiger partial charge in [0.2, 0.25) is 0 Å². The summed E-state index contributed by atoms with van der Waals surface area (Å²) in [6, 6.07) is 2.01. The van der Waals surface area contributed by atoms with Crippen LogP contribution in [0.3, 0.4) is 0 Å². The lowest BCUT2D eigenvalue weighted by molar-refractivity contribution is 0.586. The summed E-state index contributed by atoms with van der Waals surface area (Å²) in [5, 5.41) is 13.1. The topological polar surface area (TPSA) is 102 Å². The van der Waals surface area contributed by atoms with Gasteiger partial charge in [0, 0.05) is 6.26 Å². The van der Waals surface area contributed by atoms with Crippen molar-refractivity contribution in [1.29, 1.82) is 5.26 Å². The fraction of sp³-hybridized carbons (Fsp3) is 0.600. The minimum Gasteiger partial charge on any atom is -0.383 e. The van der Waals surface area contributed by atoms with Gasteiger partial charge in [-0.15, -0.1) is 0 Å². The Labute approximate surface area is 101 Å². The molecule has 0 aromatic carbocycles. The molecule has 0 saturated heterocycles. The number of hydrogen-bond donors (Lipinski definition) is 1. The summed E-state index contributed by atoms with van der Waals surface area (Å²) in [5.41, 5.74) is 6.76. The zero-order chi connectivity index (χ0) is 13.1. The number of nitrogens with two attached hydrogens (primary N) is 1. The molecule has 0 amide bonds. The number of aromatic nitrogens is 2. The van der Waals surface area contributed by atoms with Crippen LogP contribution in [0.4, 0.5) is 5.82 Å². The van der Waals surface area contributed by atoms with Crippen LogP contribution in [0.15, 0.2) is 0 Å². The molecule has 0 spiro atoms. The van der Waals surface area contributed by atoms with Gasteiger partial charge in [0.25, 0.3) is 0 Å². The molecule has 1 rings (SSSR count). The second-order valence-corrected chi connectivity index (χ2v) is 6.18. The van der Waals surface area contributed by atoms with Crippen molar-refractivity contribution in [2.45, 2.75) is 26.3 Å². The number of nitrogens with zero attached hydrogens (tertiary/aromatic N) is 3. The molecule has 94 valence electrons. The maximum absolute atomic E-state index is 11.1. The third-order valence-electron chi connectivity index (χ3n) is 2.34. The zero-order valence-electron chi connectivity index (χ0n) is 9.97. The summed E-state index contributed by atoms with van der Waals surface area (Å²) < 4.78 is 23.5. The number of aryl methyl sites for hydroxylation is 2. The smallest absolute Gasteiger partial charge is 0.149 e.